The standard InChI is InChI=1S/C19H19N3O3S/c1-2-9-25-14-6-3-12(4-7-14)11-20-17(23)13-5-8-15-16(10-13)21-19(26)22-18(15)24/h3-8,10H,2,9,11H2,1H3,(H,20,23)(H2,21,22,24,26). The van der Waals surface area contributed by atoms with Crippen molar-refractivity contribution in [3.05, 3.63) is 68.7 Å². The minimum Gasteiger partial charge on any atom is -0.494 e. The van der Waals surface area contributed by atoms with Crippen LogP contribution in [0.4, 0.5) is 0 Å². The number of hydrogen-bond acceptors (Lipinski definition) is 4. The van der Waals surface area contributed by atoms with Crippen molar-refractivity contribution in [3.63, 3.8) is 0 Å². The lowest BCUT2D eigenvalue weighted by molar-refractivity contribution is 0.0951. The summed E-state index contributed by atoms with van der Waals surface area (Å²) in [6.45, 7) is 3.14. The van der Waals surface area contributed by atoms with Crippen LogP contribution in [0, 0.1) is 4.77 Å². The fourth-order valence-corrected chi connectivity index (χ4v) is 2.72. The van der Waals surface area contributed by atoms with Crippen LogP contribution in [0.25, 0.3) is 10.9 Å². The second kappa shape index (κ2) is 7.97. The quantitative estimate of drug-likeness (QED) is 0.582. The predicted molar refractivity (Wildman–Crippen MR) is 103 cm³/mol. The number of aromatic nitrogens is 2. The van der Waals surface area contributed by atoms with Gasteiger partial charge in [-0.3, -0.25) is 14.6 Å². The Bertz CT molecular complexity index is 1040. The Morgan fingerprint density at radius 1 is 1.15 bits per heavy atom. The Balaban J connectivity index is 1.69. The van der Waals surface area contributed by atoms with E-state index in [1.165, 1.54) is 0 Å². The minimum absolute atomic E-state index is 0.224. The highest BCUT2D eigenvalue weighted by Gasteiger charge is 2.08. The topological polar surface area (TPSA) is 87.0 Å². The molecule has 6 nitrogen and oxygen atoms in total. The zero-order valence-corrected chi connectivity index (χ0v) is 15.1. The Morgan fingerprint density at radius 2 is 1.92 bits per heavy atom. The van der Waals surface area contributed by atoms with E-state index in [1.807, 2.05) is 24.3 Å². The number of fused-ring (bicyclic) bond motifs is 1. The minimum atomic E-state index is -0.277. The van der Waals surface area contributed by atoms with Crippen molar-refractivity contribution >= 4 is 29.0 Å². The number of amides is 1. The molecule has 0 aliphatic heterocycles. The molecule has 0 saturated heterocycles. The smallest absolute Gasteiger partial charge is 0.259 e. The van der Waals surface area contributed by atoms with Crippen molar-refractivity contribution in [2.45, 2.75) is 19.9 Å². The van der Waals surface area contributed by atoms with Gasteiger partial charge in [-0.15, -0.1) is 0 Å². The molecule has 1 heterocycles. The Labute approximate surface area is 155 Å². The van der Waals surface area contributed by atoms with Gasteiger partial charge in [-0.05, 0) is 54.5 Å². The third-order valence-electron chi connectivity index (χ3n) is 3.85. The van der Waals surface area contributed by atoms with Crippen LogP contribution in [-0.2, 0) is 6.54 Å². The fourth-order valence-electron chi connectivity index (χ4n) is 2.52. The normalized spacial score (nSPS) is 10.7. The molecule has 3 aromatic rings. The molecular weight excluding hydrogens is 350 g/mol. The highest BCUT2D eigenvalue weighted by molar-refractivity contribution is 7.71. The molecular formula is C19H19N3O3S. The van der Waals surface area contributed by atoms with Crippen molar-refractivity contribution in [1.29, 1.82) is 0 Å². The van der Waals surface area contributed by atoms with Gasteiger partial charge in [0.1, 0.15) is 5.75 Å². The number of ether oxygens (including phenoxy) is 1. The molecule has 134 valence electrons. The average Bonchev–Trinajstić information content (AvgIpc) is 2.64. The van der Waals surface area contributed by atoms with Crippen LogP contribution in [0.15, 0.2) is 47.3 Å². The van der Waals surface area contributed by atoms with Gasteiger partial charge in [-0.25, -0.2) is 0 Å². The number of benzene rings is 2. The van der Waals surface area contributed by atoms with E-state index in [2.05, 4.69) is 22.2 Å². The summed E-state index contributed by atoms with van der Waals surface area (Å²) in [4.78, 5) is 29.6. The first-order chi connectivity index (χ1) is 12.6. The third-order valence-corrected chi connectivity index (χ3v) is 4.06. The Morgan fingerprint density at radius 3 is 2.65 bits per heavy atom. The molecule has 0 radical (unpaired) electrons. The molecule has 0 atom stereocenters. The number of nitrogens with one attached hydrogen (secondary N) is 3. The van der Waals surface area contributed by atoms with Gasteiger partial charge in [0.05, 0.1) is 17.5 Å². The summed E-state index contributed by atoms with van der Waals surface area (Å²) in [6, 6.07) is 12.5. The molecule has 1 aromatic heterocycles. The molecule has 0 unspecified atom stereocenters. The summed E-state index contributed by atoms with van der Waals surface area (Å²) in [5, 5.41) is 3.32. The maximum atomic E-state index is 12.4. The maximum Gasteiger partial charge on any atom is 0.259 e. The number of H-pyrrole nitrogens is 2. The molecule has 3 N–H and O–H groups in total. The van der Waals surface area contributed by atoms with Crippen molar-refractivity contribution in [2.75, 3.05) is 6.61 Å². The van der Waals surface area contributed by atoms with Gasteiger partial charge in [0.15, 0.2) is 4.77 Å². The molecule has 0 saturated carbocycles. The van der Waals surface area contributed by atoms with E-state index < -0.39 is 0 Å². The van der Waals surface area contributed by atoms with Crippen LogP contribution in [0.1, 0.15) is 29.3 Å². The molecule has 0 aliphatic carbocycles. The summed E-state index contributed by atoms with van der Waals surface area (Å²) in [5.41, 5.74) is 1.68. The molecule has 0 bridgehead atoms. The number of carbonyl (C=O) groups is 1. The van der Waals surface area contributed by atoms with Gasteiger partial charge < -0.3 is 15.0 Å². The van der Waals surface area contributed by atoms with Gasteiger partial charge >= 0.3 is 0 Å². The predicted octanol–water partition coefficient (Wildman–Crippen LogP) is 3.30. The second-order valence-electron chi connectivity index (χ2n) is 5.84. The van der Waals surface area contributed by atoms with Crippen molar-refractivity contribution in [1.82, 2.24) is 15.3 Å². The molecule has 7 heteroatoms. The van der Waals surface area contributed by atoms with Gasteiger partial charge in [0.2, 0.25) is 0 Å². The summed E-state index contributed by atoms with van der Waals surface area (Å²) in [7, 11) is 0. The highest BCUT2D eigenvalue weighted by Crippen LogP contribution is 2.13. The Kier molecular flexibility index (Phi) is 5.48. The highest BCUT2D eigenvalue weighted by atomic mass is 32.1. The molecule has 3 rings (SSSR count). The van der Waals surface area contributed by atoms with Gasteiger partial charge in [0, 0.05) is 12.1 Å². The monoisotopic (exact) mass is 369 g/mol. The number of carbonyl (C=O) groups excluding carboxylic acids is 1. The zero-order chi connectivity index (χ0) is 18.5. The van der Waals surface area contributed by atoms with E-state index in [0.717, 1.165) is 17.7 Å². The Hall–Kier alpha value is -2.93. The third kappa shape index (κ3) is 4.18. The van der Waals surface area contributed by atoms with E-state index in [1.54, 1.807) is 18.2 Å². The van der Waals surface area contributed by atoms with E-state index in [4.69, 9.17) is 17.0 Å². The van der Waals surface area contributed by atoms with Gasteiger partial charge in [0.25, 0.3) is 11.5 Å². The molecule has 2 aromatic carbocycles. The van der Waals surface area contributed by atoms with E-state index in [-0.39, 0.29) is 16.2 Å². The van der Waals surface area contributed by atoms with Gasteiger partial charge in [-0.2, -0.15) is 0 Å². The van der Waals surface area contributed by atoms with Crippen LogP contribution in [0.2, 0.25) is 0 Å². The van der Waals surface area contributed by atoms with Gasteiger partial charge in [-0.1, -0.05) is 19.1 Å². The number of hydrogen-bond donors (Lipinski definition) is 3. The van der Waals surface area contributed by atoms with Crippen molar-refractivity contribution < 1.29 is 9.53 Å². The first-order valence-electron chi connectivity index (χ1n) is 8.33. The lowest BCUT2D eigenvalue weighted by Gasteiger charge is -2.08. The number of rotatable bonds is 6. The first kappa shape index (κ1) is 17.9. The fraction of sp³-hybridized carbons (Fsp3) is 0.211. The van der Waals surface area contributed by atoms with Crippen LogP contribution in [0.3, 0.4) is 0 Å². The molecule has 0 spiro atoms. The molecule has 0 fully saturated rings. The van der Waals surface area contributed by atoms with E-state index in [9.17, 15) is 9.59 Å². The summed E-state index contributed by atoms with van der Waals surface area (Å²) in [5.74, 6) is 0.592. The van der Waals surface area contributed by atoms with Crippen LogP contribution < -0.4 is 15.6 Å². The first-order valence-corrected chi connectivity index (χ1v) is 8.74. The van der Waals surface area contributed by atoms with Crippen LogP contribution in [0.5, 0.6) is 5.75 Å². The summed E-state index contributed by atoms with van der Waals surface area (Å²) >= 11 is 4.97. The molecule has 26 heavy (non-hydrogen) atoms. The lowest BCUT2D eigenvalue weighted by Crippen LogP contribution is -2.23. The van der Waals surface area contributed by atoms with E-state index in [0.29, 0.717) is 29.6 Å². The summed E-state index contributed by atoms with van der Waals surface area (Å²) in [6.07, 6.45) is 0.958. The summed E-state index contributed by atoms with van der Waals surface area (Å²) < 4.78 is 5.77. The van der Waals surface area contributed by atoms with Crippen molar-refractivity contribution in [3.8, 4) is 5.75 Å². The van der Waals surface area contributed by atoms with Crippen molar-refractivity contribution in [2.24, 2.45) is 0 Å². The largest absolute Gasteiger partial charge is 0.494 e. The van der Waals surface area contributed by atoms with Crippen LogP contribution >= 0.6 is 12.2 Å². The molecule has 1 amide bonds. The SMILES string of the molecule is CCCOc1ccc(CNC(=O)c2ccc3c(=O)[nH]c(=S)[nH]c3c2)cc1. The maximum absolute atomic E-state index is 12.4. The average molecular weight is 369 g/mol. The second-order valence-corrected chi connectivity index (χ2v) is 6.25. The lowest BCUT2D eigenvalue weighted by atomic mass is 10.1. The zero-order valence-electron chi connectivity index (χ0n) is 14.3. The molecule has 0 aliphatic rings. The number of aromatic amines is 2. The van der Waals surface area contributed by atoms with Crippen LogP contribution in [-0.4, -0.2) is 22.5 Å². The van der Waals surface area contributed by atoms with E-state index >= 15 is 0 Å².